The zero-order chi connectivity index (χ0) is 22.6. The van der Waals surface area contributed by atoms with E-state index in [1.807, 2.05) is 46.2 Å². The Labute approximate surface area is 192 Å². The predicted molar refractivity (Wildman–Crippen MR) is 123 cm³/mol. The van der Waals surface area contributed by atoms with Crippen molar-refractivity contribution >= 4 is 11.6 Å². The molecule has 5 rings (SSSR count). The molecule has 0 radical (unpaired) electrons. The van der Waals surface area contributed by atoms with Gasteiger partial charge in [-0.05, 0) is 31.5 Å². The first-order valence-electron chi connectivity index (χ1n) is 11.6. The Morgan fingerprint density at radius 2 is 1.76 bits per heavy atom. The summed E-state index contributed by atoms with van der Waals surface area (Å²) in [6.45, 7) is 4.68. The third kappa shape index (κ3) is 4.90. The third-order valence-corrected chi connectivity index (χ3v) is 6.50. The Kier molecular flexibility index (Phi) is 6.35. The summed E-state index contributed by atoms with van der Waals surface area (Å²) in [5.74, 6) is 1.11. The number of hydrogen-bond acceptors (Lipinski definition) is 6. The summed E-state index contributed by atoms with van der Waals surface area (Å²) in [5, 5.41) is 4.10. The molecule has 2 fully saturated rings. The molecule has 2 saturated heterocycles. The van der Waals surface area contributed by atoms with Gasteiger partial charge in [-0.15, -0.1) is 0 Å². The van der Waals surface area contributed by atoms with Gasteiger partial charge in [-0.2, -0.15) is 4.98 Å². The van der Waals surface area contributed by atoms with E-state index in [0.717, 1.165) is 24.9 Å². The lowest BCUT2D eigenvalue weighted by molar-refractivity contribution is -0.137. The molecule has 2 aromatic carbocycles. The van der Waals surface area contributed by atoms with Crippen LogP contribution in [-0.2, 0) is 11.3 Å². The summed E-state index contributed by atoms with van der Waals surface area (Å²) in [6, 6.07) is 16.6. The number of hydrogen-bond donors (Lipinski definition) is 0. The number of piperazine rings is 1. The van der Waals surface area contributed by atoms with Crippen LogP contribution in [0, 0.1) is 11.7 Å². The van der Waals surface area contributed by atoms with E-state index in [9.17, 15) is 9.18 Å². The molecule has 2 aliphatic heterocycles. The average Bonchev–Trinajstić information content (AvgIpc) is 3.33. The fraction of sp³-hybridized carbons (Fsp3) is 0.400. The largest absolute Gasteiger partial charge is 0.366 e. The van der Waals surface area contributed by atoms with Gasteiger partial charge in [0.1, 0.15) is 5.82 Å². The third-order valence-electron chi connectivity index (χ3n) is 6.50. The van der Waals surface area contributed by atoms with E-state index in [2.05, 4.69) is 15.0 Å². The van der Waals surface area contributed by atoms with Crippen LogP contribution in [0.4, 0.5) is 10.1 Å². The lowest BCUT2D eigenvalue weighted by Gasteiger charge is -2.39. The van der Waals surface area contributed by atoms with E-state index < -0.39 is 0 Å². The number of amides is 1. The van der Waals surface area contributed by atoms with Crippen LogP contribution in [0.5, 0.6) is 0 Å². The Balaban J connectivity index is 1.15. The van der Waals surface area contributed by atoms with Crippen molar-refractivity contribution in [2.45, 2.75) is 19.4 Å². The van der Waals surface area contributed by atoms with Crippen LogP contribution in [0.15, 0.2) is 59.1 Å². The summed E-state index contributed by atoms with van der Waals surface area (Å²) in [6.07, 6.45) is 1.85. The fourth-order valence-corrected chi connectivity index (χ4v) is 4.75. The van der Waals surface area contributed by atoms with E-state index >= 15 is 0 Å². The standard InChI is InChI=1S/C25H28FN5O2/c26-21-10-4-5-11-22(21)30-13-15-31(16-14-30)25(32)20-9-6-12-29(17-20)18-23-27-24(28-33-23)19-7-2-1-3-8-19/h1-5,7-8,10-11,20H,6,9,12-18H2. The predicted octanol–water partition coefficient (Wildman–Crippen LogP) is 3.44. The Hall–Kier alpha value is -3.26. The van der Waals surface area contributed by atoms with Crippen LogP contribution in [0.1, 0.15) is 18.7 Å². The topological polar surface area (TPSA) is 65.7 Å². The highest BCUT2D eigenvalue weighted by atomic mass is 19.1. The van der Waals surface area contributed by atoms with Gasteiger partial charge in [0.25, 0.3) is 0 Å². The average molecular weight is 450 g/mol. The second-order valence-electron chi connectivity index (χ2n) is 8.72. The van der Waals surface area contributed by atoms with Crippen molar-refractivity contribution in [2.75, 3.05) is 44.2 Å². The summed E-state index contributed by atoms with van der Waals surface area (Å²) < 4.78 is 19.6. The van der Waals surface area contributed by atoms with Crippen LogP contribution >= 0.6 is 0 Å². The van der Waals surface area contributed by atoms with E-state index in [4.69, 9.17) is 4.52 Å². The normalized spacial score (nSPS) is 19.6. The minimum Gasteiger partial charge on any atom is -0.366 e. The number of halogens is 1. The number of anilines is 1. The smallest absolute Gasteiger partial charge is 0.241 e. The van der Waals surface area contributed by atoms with Crippen LogP contribution in [0.2, 0.25) is 0 Å². The van der Waals surface area contributed by atoms with Gasteiger partial charge in [-0.25, -0.2) is 4.39 Å². The molecule has 3 heterocycles. The molecule has 33 heavy (non-hydrogen) atoms. The van der Waals surface area contributed by atoms with Crippen molar-refractivity contribution in [3.8, 4) is 11.4 Å². The number of nitrogens with zero attached hydrogens (tertiary/aromatic N) is 5. The Bertz CT molecular complexity index is 1080. The fourth-order valence-electron chi connectivity index (χ4n) is 4.75. The molecule has 8 heteroatoms. The Morgan fingerprint density at radius 1 is 1.00 bits per heavy atom. The van der Waals surface area contributed by atoms with Crippen LogP contribution in [-0.4, -0.2) is 65.1 Å². The zero-order valence-corrected chi connectivity index (χ0v) is 18.6. The molecule has 1 atom stereocenters. The molecule has 0 bridgehead atoms. The molecule has 0 N–H and O–H groups in total. The highest BCUT2D eigenvalue weighted by Crippen LogP contribution is 2.24. The molecule has 1 unspecified atom stereocenters. The Morgan fingerprint density at radius 3 is 2.55 bits per heavy atom. The number of carbonyl (C=O) groups is 1. The SMILES string of the molecule is O=C(C1CCCN(Cc2nc(-c3ccccc3)no2)C1)N1CCN(c2ccccc2F)CC1. The van der Waals surface area contributed by atoms with Gasteiger partial charge in [0.05, 0.1) is 18.2 Å². The zero-order valence-electron chi connectivity index (χ0n) is 18.6. The number of piperidine rings is 1. The molecular formula is C25H28FN5O2. The van der Waals surface area contributed by atoms with Gasteiger partial charge >= 0.3 is 0 Å². The molecule has 7 nitrogen and oxygen atoms in total. The first kappa shape index (κ1) is 21.6. The molecule has 1 aromatic heterocycles. The van der Waals surface area contributed by atoms with Gasteiger partial charge in [-0.3, -0.25) is 9.69 Å². The van der Waals surface area contributed by atoms with Crippen molar-refractivity contribution in [1.82, 2.24) is 19.9 Å². The van der Waals surface area contributed by atoms with Crippen LogP contribution < -0.4 is 4.90 Å². The highest BCUT2D eigenvalue weighted by molar-refractivity contribution is 5.79. The maximum Gasteiger partial charge on any atom is 0.241 e. The number of likely N-dealkylation sites (tertiary alicyclic amines) is 1. The number of benzene rings is 2. The molecular weight excluding hydrogens is 421 g/mol. The first-order chi connectivity index (χ1) is 16.2. The maximum absolute atomic E-state index is 14.1. The quantitative estimate of drug-likeness (QED) is 0.595. The lowest BCUT2D eigenvalue weighted by atomic mass is 9.96. The molecule has 3 aromatic rings. The summed E-state index contributed by atoms with van der Waals surface area (Å²) >= 11 is 0. The highest BCUT2D eigenvalue weighted by Gasteiger charge is 2.32. The molecule has 0 spiro atoms. The van der Waals surface area contributed by atoms with E-state index in [0.29, 0.717) is 56.7 Å². The van der Waals surface area contributed by atoms with Crippen molar-refractivity contribution in [1.29, 1.82) is 0 Å². The summed E-state index contributed by atoms with van der Waals surface area (Å²) in [4.78, 5) is 23.9. The van der Waals surface area contributed by atoms with Crippen molar-refractivity contribution in [3.05, 3.63) is 66.3 Å². The van der Waals surface area contributed by atoms with Crippen LogP contribution in [0.3, 0.4) is 0 Å². The van der Waals surface area contributed by atoms with Crippen LogP contribution in [0.25, 0.3) is 11.4 Å². The second kappa shape index (κ2) is 9.70. The molecule has 2 aliphatic rings. The van der Waals surface area contributed by atoms with Gasteiger partial charge in [0.15, 0.2) is 0 Å². The molecule has 0 saturated carbocycles. The van der Waals surface area contributed by atoms with Gasteiger partial charge in [0, 0.05) is 38.3 Å². The number of aromatic nitrogens is 2. The molecule has 1 amide bonds. The van der Waals surface area contributed by atoms with Gasteiger partial charge in [-0.1, -0.05) is 47.6 Å². The number of carbonyl (C=O) groups excluding carboxylic acids is 1. The minimum absolute atomic E-state index is 0.0322. The van der Waals surface area contributed by atoms with Crippen molar-refractivity contribution in [2.24, 2.45) is 5.92 Å². The van der Waals surface area contributed by atoms with E-state index in [-0.39, 0.29) is 17.6 Å². The lowest BCUT2D eigenvalue weighted by Crippen LogP contribution is -2.52. The van der Waals surface area contributed by atoms with Crippen molar-refractivity contribution < 1.29 is 13.7 Å². The van der Waals surface area contributed by atoms with Crippen molar-refractivity contribution in [3.63, 3.8) is 0 Å². The van der Waals surface area contributed by atoms with E-state index in [1.54, 1.807) is 12.1 Å². The summed E-state index contributed by atoms with van der Waals surface area (Å²) in [5.41, 5.74) is 1.54. The molecule has 172 valence electrons. The number of para-hydroxylation sites is 1. The maximum atomic E-state index is 14.1. The monoisotopic (exact) mass is 449 g/mol. The second-order valence-corrected chi connectivity index (χ2v) is 8.72. The molecule has 0 aliphatic carbocycles. The van der Waals surface area contributed by atoms with Gasteiger partial charge in [0.2, 0.25) is 17.6 Å². The minimum atomic E-state index is -0.211. The van der Waals surface area contributed by atoms with Gasteiger partial charge < -0.3 is 14.3 Å². The van der Waals surface area contributed by atoms with E-state index in [1.165, 1.54) is 6.07 Å². The number of rotatable bonds is 5. The first-order valence-corrected chi connectivity index (χ1v) is 11.6. The summed E-state index contributed by atoms with van der Waals surface area (Å²) in [7, 11) is 0.